The van der Waals surface area contributed by atoms with Crippen LogP contribution in [0.25, 0.3) is 0 Å². The van der Waals surface area contributed by atoms with Crippen LogP contribution in [0, 0.1) is 0 Å². The summed E-state index contributed by atoms with van der Waals surface area (Å²) < 4.78 is 5.33. The smallest absolute Gasteiger partial charge is 0.119 e. The highest BCUT2D eigenvalue weighted by molar-refractivity contribution is 7.99. The Balaban J connectivity index is 2.48. The molecule has 0 aliphatic carbocycles. The third-order valence-electron chi connectivity index (χ3n) is 1.48. The molecule has 0 amide bonds. The highest BCUT2D eigenvalue weighted by Crippen LogP contribution is 2.21. The fraction of sp³-hybridized carbons (Fsp3) is 0.400. The van der Waals surface area contributed by atoms with Gasteiger partial charge < -0.3 is 4.74 Å². The van der Waals surface area contributed by atoms with Gasteiger partial charge >= 0.3 is 0 Å². The topological polar surface area (TPSA) is 9.23 Å². The van der Waals surface area contributed by atoms with Gasteiger partial charge in [-0.25, -0.2) is 0 Å². The Kier molecular flexibility index (Phi) is 5.09. The van der Waals surface area contributed by atoms with Crippen LogP contribution in [0.1, 0.15) is 6.92 Å². The van der Waals surface area contributed by atoms with Gasteiger partial charge in [0.15, 0.2) is 0 Å². The highest BCUT2D eigenvalue weighted by Gasteiger charge is 1.94. The number of alkyl halides is 1. The molecule has 1 aromatic carbocycles. The van der Waals surface area contributed by atoms with Gasteiger partial charge in [-0.15, -0.1) is 23.4 Å². The molecule has 13 heavy (non-hydrogen) atoms. The van der Waals surface area contributed by atoms with Gasteiger partial charge in [0.05, 0.1) is 6.61 Å². The molecule has 0 N–H and O–H groups in total. The maximum atomic E-state index is 5.59. The van der Waals surface area contributed by atoms with E-state index in [1.807, 2.05) is 19.1 Å². The number of hydrogen-bond donors (Lipinski definition) is 0. The summed E-state index contributed by atoms with van der Waals surface area (Å²) in [4.78, 5) is 1.24. The van der Waals surface area contributed by atoms with Crippen molar-refractivity contribution in [3.8, 4) is 5.75 Å². The van der Waals surface area contributed by atoms with Crippen LogP contribution >= 0.6 is 23.4 Å². The molecule has 0 aliphatic rings. The third kappa shape index (κ3) is 3.92. The molecular formula is C10H13ClOS. The zero-order valence-corrected chi connectivity index (χ0v) is 9.20. The monoisotopic (exact) mass is 216 g/mol. The summed E-state index contributed by atoms with van der Waals surface area (Å²) in [6, 6.07) is 8.09. The summed E-state index contributed by atoms with van der Waals surface area (Å²) >= 11 is 7.35. The molecule has 0 saturated carbocycles. The fourth-order valence-corrected chi connectivity index (χ4v) is 1.83. The van der Waals surface area contributed by atoms with Gasteiger partial charge in [-0.3, -0.25) is 0 Å². The fourth-order valence-electron chi connectivity index (χ4n) is 0.955. The Morgan fingerprint density at radius 1 is 1.31 bits per heavy atom. The summed E-state index contributed by atoms with van der Waals surface area (Å²) in [5.41, 5.74) is 0. The first kappa shape index (κ1) is 10.7. The van der Waals surface area contributed by atoms with Crippen LogP contribution in [0.5, 0.6) is 5.75 Å². The predicted octanol–water partition coefficient (Wildman–Crippen LogP) is 3.42. The van der Waals surface area contributed by atoms with Gasteiger partial charge in [-0.1, -0.05) is 0 Å². The Labute approximate surface area is 88.4 Å². The molecular weight excluding hydrogens is 204 g/mol. The zero-order valence-electron chi connectivity index (χ0n) is 7.63. The van der Waals surface area contributed by atoms with Gasteiger partial charge in [-0.2, -0.15) is 0 Å². The third-order valence-corrected chi connectivity index (χ3v) is 2.91. The van der Waals surface area contributed by atoms with Gasteiger partial charge in [-0.05, 0) is 31.2 Å². The Morgan fingerprint density at radius 2 is 2.00 bits per heavy atom. The molecule has 1 aromatic rings. The molecule has 1 nitrogen and oxygen atoms in total. The molecule has 0 saturated heterocycles. The number of ether oxygens (including phenoxy) is 1. The van der Waals surface area contributed by atoms with Crippen LogP contribution in [0.4, 0.5) is 0 Å². The maximum absolute atomic E-state index is 5.59. The molecule has 0 unspecified atom stereocenters. The molecule has 0 spiro atoms. The van der Waals surface area contributed by atoms with Gasteiger partial charge in [0.1, 0.15) is 5.75 Å². The number of benzene rings is 1. The Morgan fingerprint density at radius 3 is 2.54 bits per heavy atom. The SMILES string of the molecule is CCOc1ccc(SCCCl)cc1. The van der Waals surface area contributed by atoms with Crippen molar-refractivity contribution in [3.63, 3.8) is 0 Å². The van der Waals surface area contributed by atoms with Crippen molar-refractivity contribution in [2.75, 3.05) is 18.2 Å². The van der Waals surface area contributed by atoms with Gasteiger partial charge in [0, 0.05) is 16.5 Å². The lowest BCUT2D eigenvalue weighted by molar-refractivity contribution is 0.340. The molecule has 0 atom stereocenters. The molecule has 0 heterocycles. The largest absolute Gasteiger partial charge is 0.494 e. The lowest BCUT2D eigenvalue weighted by Crippen LogP contribution is -1.90. The van der Waals surface area contributed by atoms with Crippen molar-refractivity contribution < 1.29 is 4.74 Å². The lowest BCUT2D eigenvalue weighted by Gasteiger charge is -2.03. The summed E-state index contributed by atoms with van der Waals surface area (Å²) in [5, 5.41) is 0. The Bertz CT molecular complexity index is 235. The van der Waals surface area contributed by atoms with E-state index in [2.05, 4.69) is 12.1 Å². The predicted molar refractivity (Wildman–Crippen MR) is 59.1 cm³/mol. The van der Waals surface area contributed by atoms with Crippen LogP contribution in [0.2, 0.25) is 0 Å². The summed E-state index contributed by atoms with van der Waals surface area (Å²) in [6.45, 7) is 2.70. The molecule has 0 aliphatic heterocycles. The second-order valence-electron chi connectivity index (χ2n) is 2.44. The van der Waals surface area contributed by atoms with E-state index in [1.165, 1.54) is 4.90 Å². The first-order valence-electron chi connectivity index (χ1n) is 4.28. The van der Waals surface area contributed by atoms with E-state index in [0.29, 0.717) is 12.5 Å². The van der Waals surface area contributed by atoms with E-state index in [0.717, 1.165) is 11.5 Å². The van der Waals surface area contributed by atoms with E-state index < -0.39 is 0 Å². The Hall–Kier alpha value is -0.340. The number of rotatable bonds is 5. The van der Waals surface area contributed by atoms with Crippen LogP contribution in [-0.2, 0) is 0 Å². The minimum atomic E-state index is 0.692. The molecule has 72 valence electrons. The van der Waals surface area contributed by atoms with Crippen molar-refractivity contribution in [1.82, 2.24) is 0 Å². The summed E-state index contributed by atoms with van der Waals surface area (Å²) in [6.07, 6.45) is 0. The van der Waals surface area contributed by atoms with Crippen LogP contribution in [-0.4, -0.2) is 18.2 Å². The van der Waals surface area contributed by atoms with Crippen molar-refractivity contribution in [3.05, 3.63) is 24.3 Å². The zero-order chi connectivity index (χ0) is 9.52. The highest BCUT2D eigenvalue weighted by atomic mass is 35.5. The quantitative estimate of drug-likeness (QED) is 0.551. The van der Waals surface area contributed by atoms with Crippen LogP contribution in [0.3, 0.4) is 0 Å². The average molecular weight is 217 g/mol. The van der Waals surface area contributed by atoms with E-state index in [4.69, 9.17) is 16.3 Å². The maximum Gasteiger partial charge on any atom is 0.119 e. The van der Waals surface area contributed by atoms with Crippen LogP contribution in [0.15, 0.2) is 29.2 Å². The van der Waals surface area contributed by atoms with Gasteiger partial charge in [0.2, 0.25) is 0 Å². The minimum Gasteiger partial charge on any atom is -0.494 e. The van der Waals surface area contributed by atoms with Crippen LogP contribution < -0.4 is 4.74 Å². The number of thioether (sulfide) groups is 1. The van der Waals surface area contributed by atoms with E-state index in [1.54, 1.807) is 11.8 Å². The van der Waals surface area contributed by atoms with Crippen molar-refractivity contribution in [2.45, 2.75) is 11.8 Å². The molecule has 0 radical (unpaired) electrons. The standard InChI is InChI=1S/C10H13ClOS/c1-2-12-9-3-5-10(6-4-9)13-8-7-11/h3-6H,2,7-8H2,1H3. The minimum absolute atomic E-state index is 0.692. The van der Waals surface area contributed by atoms with Crippen molar-refractivity contribution in [1.29, 1.82) is 0 Å². The van der Waals surface area contributed by atoms with E-state index >= 15 is 0 Å². The van der Waals surface area contributed by atoms with Crippen molar-refractivity contribution >= 4 is 23.4 Å². The molecule has 0 bridgehead atoms. The second-order valence-corrected chi connectivity index (χ2v) is 3.99. The second kappa shape index (κ2) is 6.17. The summed E-state index contributed by atoms with van der Waals surface area (Å²) in [5.74, 6) is 2.57. The lowest BCUT2D eigenvalue weighted by atomic mass is 10.3. The molecule has 1 rings (SSSR count). The van der Waals surface area contributed by atoms with E-state index in [9.17, 15) is 0 Å². The van der Waals surface area contributed by atoms with Crippen molar-refractivity contribution in [2.24, 2.45) is 0 Å². The normalized spacial score (nSPS) is 10.0. The first-order chi connectivity index (χ1) is 6.36. The first-order valence-corrected chi connectivity index (χ1v) is 5.80. The molecule has 3 heteroatoms. The van der Waals surface area contributed by atoms with Gasteiger partial charge in [0.25, 0.3) is 0 Å². The summed E-state index contributed by atoms with van der Waals surface area (Å²) in [7, 11) is 0. The number of hydrogen-bond acceptors (Lipinski definition) is 2. The van der Waals surface area contributed by atoms with E-state index in [-0.39, 0.29) is 0 Å². The average Bonchev–Trinajstić information content (AvgIpc) is 2.17. The number of halogens is 1. The molecule has 0 aromatic heterocycles. The molecule has 0 fully saturated rings.